The monoisotopic (exact) mass is 297 g/mol. The van der Waals surface area contributed by atoms with E-state index in [9.17, 15) is 9.90 Å². The third-order valence-corrected chi connectivity index (χ3v) is 5.21. The van der Waals surface area contributed by atoms with E-state index in [0.717, 1.165) is 58.2 Å². The van der Waals surface area contributed by atoms with Crippen molar-refractivity contribution >= 4 is 5.91 Å². The molecule has 0 aromatic heterocycles. The predicted molar refractivity (Wildman–Crippen MR) is 83.8 cm³/mol. The molecular formula is C16H31N3O2. The molecule has 1 saturated heterocycles. The largest absolute Gasteiger partial charge is 0.393 e. The molecule has 2 rings (SSSR count). The van der Waals surface area contributed by atoms with E-state index < -0.39 is 0 Å². The van der Waals surface area contributed by atoms with Crippen LogP contribution < -0.4 is 11.1 Å². The van der Waals surface area contributed by atoms with Gasteiger partial charge in [0.05, 0.1) is 12.1 Å². The number of rotatable bonds is 6. The molecule has 0 bridgehead atoms. The van der Waals surface area contributed by atoms with E-state index in [4.69, 9.17) is 5.73 Å². The summed E-state index contributed by atoms with van der Waals surface area (Å²) in [6, 6.07) is 0.261. The number of aliphatic hydroxyl groups excluding tert-OH is 1. The van der Waals surface area contributed by atoms with Gasteiger partial charge in [-0.05, 0) is 64.5 Å². The van der Waals surface area contributed by atoms with Crippen molar-refractivity contribution in [2.24, 2.45) is 11.7 Å². The van der Waals surface area contributed by atoms with Crippen molar-refractivity contribution in [1.29, 1.82) is 0 Å². The van der Waals surface area contributed by atoms with Gasteiger partial charge in [-0.15, -0.1) is 0 Å². The number of carbonyl (C=O) groups is 1. The lowest BCUT2D eigenvalue weighted by Crippen LogP contribution is -2.53. The van der Waals surface area contributed by atoms with Crippen LogP contribution >= 0.6 is 0 Å². The maximum atomic E-state index is 11.4. The molecule has 2 fully saturated rings. The molecule has 1 aliphatic carbocycles. The standard InChI is InChI=1S/C16H31N3O2/c1-12(16(17)21)19-9-3-2-4-14(19)11-18-10-13-5-7-15(20)8-6-13/h12-15,18,20H,2-11H2,1H3,(H2,17,21). The first-order chi connectivity index (χ1) is 10.1. The summed E-state index contributed by atoms with van der Waals surface area (Å²) >= 11 is 0. The summed E-state index contributed by atoms with van der Waals surface area (Å²) < 4.78 is 0. The van der Waals surface area contributed by atoms with Gasteiger partial charge in [-0.2, -0.15) is 0 Å². The zero-order chi connectivity index (χ0) is 15.2. The molecule has 1 aliphatic heterocycles. The molecule has 2 aliphatic rings. The van der Waals surface area contributed by atoms with Gasteiger partial charge in [-0.25, -0.2) is 0 Å². The van der Waals surface area contributed by atoms with Crippen molar-refractivity contribution in [3.8, 4) is 0 Å². The van der Waals surface area contributed by atoms with Gasteiger partial charge >= 0.3 is 0 Å². The Bertz CT molecular complexity index is 329. The van der Waals surface area contributed by atoms with E-state index >= 15 is 0 Å². The second-order valence-electron chi connectivity index (χ2n) is 6.80. The second kappa shape index (κ2) is 8.11. The molecule has 1 saturated carbocycles. The number of carbonyl (C=O) groups excluding carboxylic acids is 1. The van der Waals surface area contributed by atoms with Crippen molar-refractivity contribution in [2.45, 2.75) is 70.1 Å². The van der Waals surface area contributed by atoms with Crippen molar-refractivity contribution < 1.29 is 9.90 Å². The molecule has 21 heavy (non-hydrogen) atoms. The van der Waals surface area contributed by atoms with Crippen LogP contribution in [0.1, 0.15) is 51.9 Å². The Hall–Kier alpha value is -0.650. The molecule has 0 aromatic rings. The summed E-state index contributed by atoms with van der Waals surface area (Å²) in [7, 11) is 0. The van der Waals surface area contributed by atoms with Crippen molar-refractivity contribution in [3.05, 3.63) is 0 Å². The fourth-order valence-electron chi connectivity index (χ4n) is 3.72. The average molecular weight is 297 g/mol. The van der Waals surface area contributed by atoms with E-state index in [2.05, 4.69) is 10.2 Å². The summed E-state index contributed by atoms with van der Waals surface area (Å²) in [5.74, 6) is 0.474. The maximum absolute atomic E-state index is 11.4. The Morgan fingerprint density at radius 3 is 2.62 bits per heavy atom. The number of hydrogen-bond donors (Lipinski definition) is 3. The van der Waals surface area contributed by atoms with Crippen LogP contribution in [-0.4, -0.2) is 53.7 Å². The number of amides is 1. The number of likely N-dealkylation sites (tertiary alicyclic amines) is 1. The molecule has 2 atom stereocenters. The lowest BCUT2D eigenvalue weighted by atomic mass is 9.87. The first-order valence-corrected chi connectivity index (χ1v) is 8.51. The summed E-state index contributed by atoms with van der Waals surface area (Å²) in [5.41, 5.74) is 5.46. The van der Waals surface area contributed by atoms with E-state index in [1.165, 1.54) is 6.42 Å². The minimum atomic E-state index is -0.219. The molecule has 1 heterocycles. The Balaban J connectivity index is 1.73. The van der Waals surface area contributed by atoms with Crippen LogP contribution in [-0.2, 0) is 4.79 Å². The first kappa shape index (κ1) is 16.7. The molecule has 4 N–H and O–H groups in total. The molecule has 122 valence electrons. The van der Waals surface area contributed by atoms with Gasteiger partial charge in [-0.3, -0.25) is 9.69 Å². The van der Waals surface area contributed by atoms with E-state index in [1.807, 2.05) is 6.92 Å². The normalized spacial score (nSPS) is 32.8. The Labute approximate surface area is 128 Å². The fraction of sp³-hybridized carbons (Fsp3) is 0.938. The number of nitrogens with two attached hydrogens (primary N) is 1. The third kappa shape index (κ3) is 4.94. The quantitative estimate of drug-likeness (QED) is 0.679. The molecular weight excluding hydrogens is 266 g/mol. The lowest BCUT2D eigenvalue weighted by molar-refractivity contribution is -0.124. The van der Waals surface area contributed by atoms with Gasteiger partial charge in [0.15, 0.2) is 0 Å². The molecule has 0 radical (unpaired) electrons. The minimum Gasteiger partial charge on any atom is -0.393 e. The van der Waals surface area contributed by atoms with Crippen molar-refractivity contribution in [3.63, 3.8) is 0 Å². The van der Waals surface area contributed by atoms with E-state index in [0.29, 0.717) is 12.0 Å². The lowest BCUT2D eigenvalue weighted by Gasteiger charge is -2.39. The molecule has 5 nitrogen and oxygen atoms in total. The number of primary amides is 1. The highest BCUT2D eigenvalue weighted by Gasteiger charge is 2.29. The first-order valence-electron chi connectivity index (χ1n) is 8.51. The van der Waals surface area contributed by atoms with Crippen LogP contribution in [0, 0.1) is 5.92 Å². The molecule has 5 heteroatoms. The molecule has 0 spiro atoms. The van der Waals surface area contributed by atoms with Gasteiger partial charge in [0.2, 0.25) is 5.91 Å². The van der Waals surface area contributed by atoms with Crippen LogP contribution in [0.2, 0.25) is 0 Å². The predicted octanol–water partition coefficient (Wildman–Crippen LogP) is 0.855. The van der Waals surface area contributed by atoms with Crippen LogP contribution in [0.25, 0.3) is 0 Å². The number of aliphatic hydroxyl groups is 1. The van der Waals surface area contributed by atoms with Gasteiger partial charge in [0.25, 0.3) is 0 Å². The van der Waals surface area contributed by atoms with Gasteiger partial charge in [0, 0.05) is 12.6 Å². The Morgan fingerprint density at radius 2 is 1.95 bits per heavy atom. The van der Waals surface area contributed by atoms with Gasteiger partial charge < -0.3 is 16.2 Å². The zero-order valence-electron chi connectivity index (χ0n) is 13.3. The highest BCUT2D eigenvalue weighted by atomic mass is 16.3. The smallest absolute Gasteiger partial charge is 0.234 e. The average Bonchev–Trinajstić information content (AvgIpc) is 2.49. The summed E-state index contributed by atoms with van der Waals surface area (Å²) in [5, 5.41) is 13.1. The van der Waals surface area contributed by atoms with E-state index in [1.54, 1.807) is 0 Å². The molecule has 0 aromatic carbocycles. The Kier molecular flexibility index (Phi) is 6.45. The molecule has 2 unspecified atom stereocenters. The Morgan fingerprint density at radius 1 is 1.24 bits per heavy atom. The van der Waals surface area contributed by atoms with Crippen LogP contribution in [0.3, 0.4) is 0 Å². The van der Waals surface area contributed by atoms with Crippen LogP contribution in [0.15, 0.2) is 0 Å². The number of hydrogen-bond acceptors (Lipinski definition) is 4. The number of nitrogens with one attached hydrogen (secondary N) is 1. The maximum Gasteiger partial charge on any atom is 0.234 e. The number of piperidine rings is 1. The van der Waals surface area contributed by atoms with Gasteiger partial charge in [0.1, 0.15) is 0 Å². The van der Waals surface area contributed by atoms with Crippen molar-refractivity contribution in [1.82, 2.24) is 10.2 Å². The summed E-state index contributed by atoms with van der Waals surface area (Å²) in [4.78, 5) is 13.7. The zero-order valence-corrected chi connectivity index (χ0v) is 13.3. The second-order valence-corrected chi connectivity index (χ2v) is 6.80. The van der Waals surface area contributed by atoms with Gasteiger partial charge in [-0.1, -0.05) is 6.42 Å². The molecule has 1 amide bonds. The fourth-order valence-corrected chi connectivity index (χ4v) is 3.72. The minimum absolute atomic E-state index is 0.0773. The number of nitrogens with zero attached hydrogens (tertiary/aromatic N) is 1. The third-order valence-electron chi connectivity index (χ3n) is 5.21. The van der Waals surface area contributed by atoms with E-state index in [-0.39, 0.29) is 18.1 Å². The summed E-state index contributed by atoms with van der Waals surface area (Å²) in [6.45, 7) is 4.87. The van der Waals surface area contributed by atoms with Crippen molar-refractivity contribution in [2.75, 3.05) is 19.6 Å². The highest BCUT2D eigenvalue weighted by Crippen LogP contribution is 2.24. The van der Waals surface area contributed by atoms with Crippen LogP contribution in [0.5, 0.6) is 0 Å². The summed E-state index contributed by atoms with van der Waals surface area (Å²) in [6.07, 6.45) is 7.61. The van der Waals surface area contributed by atoms with Crippen LogP contribution in [0.4, 0.5) is 0 Å². The SMILES string of the molecule is CC(C(N)=O)N1CCCCC1CNCC1CCC(O)CC1. The topological polar surface area (TPSA) is 78.6 Å². The highest BCUT2D eigenvalue weighted by molar-refractivity contribution is 5.79.